The molecule has 1 aliphatic heterocycles. The summed E-state index contributed by atoms with van der Waals surface area (Å²) < 4.78 is 10.1. The van der Waals surface area contributed by atoms with Crippen LogP contribution >= 0.6 is 0 Å². The van der Waals surface area contributed by atoms with Crippen LogP contribution in [-0.4, -0.2) is 35.6 Å². The van der Waals surface area contributed by atoms with Gasteiger partial charge in [0.1, 0.15) is 18.6 Å². The molecule has 6 nitrogen and oxygen atoms in total. The number of aliphatic hydroxyl groups excluding tert-OH is 1. The highest BCUT2D eigenvalue weighted by Gasteiger charge is 2.17. The van der Waals surface area contributed by atoms with Gasteiger partial charge in [0, 0.05) is 19.2 Å². The van der Waals surface area contributed by atoms with Gasteiger partial charge in [-0.3, -0.25) is 9.59 Å². The van der Waals surface area contributed by atoms with Crippen molar-refractivity contribution in [1.29, 1.82) is 0 Å². The van der Waals surface area contributed by atoms with Gasteiger partial charge >= 0.3 is 0 Å². The lowest BCUT2D eigenvalue weighted by Crippen LogP contribution is -2.38. The van der Waals surface area contributed by atoms with E-state index in [2.05, 4.69) is 0 Å². The number of hydrogen-bond acceptors (Lipinski definition) is 5. The van der Waals surface area contributed by atoms with Gasteiger partial charge in [-0.25, -0.2) is 0 Å². The molecule has 0 atom stereocenters. The Morgan fingerprint density at radius 1 is 1.37 bits per heavy atom. The fourth-order valence-corrected chi connectivity index (χ4v) is 2.00. The van der Waals surface area contributed by atoms with Crippen molar-refractivity contribution >= 4 is 5.91 Å². The number of carbonyl (C=O) groups is 1. The van der Waals surface area contributed by atoms with Crippen molar-refractivity contribution in [3.05, 3.63) is 28.3 Å². The van der Waals surface area contributed by atoms with E-state index in [1.54, 1.807) is 4.90 Å². The van der Waals surface area contributed by atoms with Gasteiger partial charge in [-0.05, 0) is 19.3 Å². The standard InChI is InChI=1S/C13H17NO5/c15-7-10-6-11(16)12(8-18-10)19-9-13(17)14-4-2-1-3-5-14/h6,8,15H,1-5,7,9H2. The van der Waals surface area contributed by atoms with Crippen molar-refractivity contribution in [3.63, 3.8) is 0 Å². The first kappa shape index (κ1) is 13.6. The zero-order valence-corrected chi connectivity index (χ0v) is 10.6. The Labute approximate surface area is 110 Å². The number of ether oxygens (including phenoxy) is 1. The van der Waals surface area contributed by atoms with Crippen LogP contribution in [0.1, 0.15) is 25.0 Å². The average Bonchev–Trinajstić information content (AvgIpc) is 2.46. The monoisotopic (exact) mass is 267 g/mol. The quantitative estimate of drug-likeness (QED) is 0.860. The van der Waals surface area contributed by atoms with E-state index in [0.29, 0.717) is 0 Å². The van der Waals surface area contributed by atoms with Gasteiger partial charge in [0.15, 0.2) is 6.61 Å². The van der Waals surface area contributed by atoms with Crippen molar-refractivity contribution in [2.75, 3.05) is 19.7 Å². The molecule has 1 saturated heterocycles. The zero-order chi connectivity index (χ0) is 13.7. The van der Waals surface area contributed by atoms with Crippen LogP contribution < -0.4 is 10.2 Å². The molecule has 2 heterocycles. The molecule has 1 aromatic heterocycles. The van der Waals surface area contributed by atoms with Gasteiger partial charge in [-0.15, -0.1) is 0 Å². The van der Waals surface area contributed by atoms with Crippen LogP contribution in [0.2, 0.25) is 0 Å². The highest BCUT2D eigenvalue weighted by Crippen LogP contribution is 2.10. The normalized spacial score (nSPS) is 15.3. The summed E-state index contributed by atoms with van der Waals surface area (Å²) in [4.78, 5) is 25.1. The fraction of sp³-hybridized carbons (Fsp3) is 0.538. The first-order chi connectivity index (χ1) is 9.20. The van der Waals surface area contributed by atoms with Crippen molar-refractivity contribution in [2.45, 2.75) is 25.9 Å². The first-order valence-electron chi connectivity index (χ1n) is 6.34. The lowest BCUT2D eigenvalue weighted by Gasteiger charge is -2.26. The number of nitrogens with zero attached hydrogens (tertiary/aromatic N) is 1. The molecule has 0 radical (unpaired) electrons. The largest absolute Gasteiger partial charge is 0.477 e. The molecule has 0 unspecified atom stereocenters. The van der Waals surface area contributed by atoms with E-state index in [4.69, 9.17) is 14.3 Å². The molecule has 0 bridgehead atoms. The maximum absolute atomic E-state index is 11.8. The zero-order valence-electron chi connectivity index (χ0n) is 10.6. The Bertz CT molecular complexity index is 490. The fourth-order valence-electron chi connectivity index (χ4n) is 2.00. The second-order valence-corrected chi connectivity index (χ2v) is 4.46. The summed E-state index contributed by atoms with van der Waals surface area (Å²) >= 11 is 0. The molecule has 0 aromatic carbocycles. The van der Waals surface area contributed by atoms with Gasteiger partial charge < -0.3 is 19.2 Å². The van der Waals surface area contributed by atoms with E-state index in [1.165, 1.54) is 0 Å². The summed E-state index contributed by atoms with van der Waals surface area (Å²) in [7, 11) is 0. The number of amides is 1. The molecule has 0 saturated carbocycles. The first-order valence-corrected chi connectivity index (χ1v) is 6.34. The third-order valence-corrected chi connectivity index (χ3v) is 3.07. The van der Waals surface area contributed by atoms with E-state index in [9.17, 15) is 9.59 Å². The van der Waals surface area contributed by atoms with Crippen LogP contribution in [0.4, 0.5) is 0 Å². The predicted octanol–water partition coefficient (Wildman–Crippen LogP) is 0.523. The van der Waals surface area contributed by atoms with Gasteiger partial charge in [0.2, 0.25) is 11.2 Å². The van der Waals surface area contributed by atoms with E-state index in [1.807, 2.05) is 0 Å². The van der Waals surface area contributed by atoms with Crippen molar-refractivity contribution < 1.29 is 19.1 Å². The Kier molecular flexibility index (Phi) is 4.57. The number of hydrogen-bond donors (Lipinski definition) is 1. The molecule has 1 aromatic rings. The van der Waals surface area contributed by atoms with E-state index >= 15 is 0 Å². The number of likely N-dealkylation sites (tertiary alicyclic amines) is 1. The smallest absolute Gasteiger partial charge is 0.260 e. The Balaban J connectivity index is 1.91. The maximum atomic E-state index is 11.8. The van der Waals surface area contributed by atoms with Crippen LogP contribution in [-0.2, 0) is 11.4 Å². The number of carbonyl (C=O) groups excluding carboxylic acids is 1. The van der Waals surface area contributed by atoms with Crippen LogP contribution in [0.5, 0.6) is 5.75 Å². The molecule has 104 valence electrons. The molecule has 6 heteroatoms. The highest BCUT2D eigenvalue weighted by atomic mass is 16.5. The molecule has 1 N–H and O–H groups in total. The molecule has 19 heavy (non-hydrogen) atoms. The van der Waals surface area contributed by atoms with E-state index < -0.39 is 5.43 Å². The number of piperidine rings is 1. The second-order valence-electron chi connectivity index (χ2n) is 4.46. The van der Waals surface area contributed by atoms with Gasteiger partial charge in [-0.1, -0.05) is 0 Å². The maximum Gasteiger partial charge on any atom is 0.260 e. The summed E-state index contributed by atoms with van der Waals surface area (Å²) in [6, 6.07) is 1.15. The van der Waals surface area contributed by atoms with Crippen LogP contribution in [0.3, 0.4) is 0 Å². The lowest BCUT2D eigenvalue weighted by molar-refractivity contribution is -0.134. The third-order valence-electron chi connectivity index (χ3n) is 3.07. The molecule has 2 rings (SSSR count). The summed E-state index contributed by atoms with van der Waals surface area (Å²) in [5.41, 5.74) is -0.401. The molecule has 1 amide bonds. The number of aliphatic hydroxyl groups is 1. The minimum Gasteiger partial charge on any atom is -0.477 e. The SMILES string of the molecule is O=C(COc1coc(CO)cc1=O)N1CCCCC1. The minimum atomic E-state index is -0.401. The Hall–Kier alpha value is -1.82. The third kappa shape index (κ3) is 3.57. The topological polar surface area (TPSA) is 80.0 Å². The molecular weight excluding hydrogens is 250 g/mol. The van der Waals surface area contributed by atoms with E-state index in [0.717, 1.165) is 44.7 Å². The van der Waals surface area contributed by atoms with Crippen LogP contribution in [0, 0.1) is 0 Å². The Morgan fingerprint density at radius 2 is 2.11 bits per heavy atom. The van der Waals surface area contributed by atoms with Gasteiger partial charge in [0.25, 0.3) is 5.91 Å². The van der Waals surface area contributed by atoms with Crippen molar-refractivity contribution in [2.24, 2.45) is 0 Å². The second kappa shape index (κ2) is 6.38. The average molecular weight is 267 g/mol. The highest BCUT2D eigenvalue weighted by molar-refractivity contribution is 5.77. The lowest BCUT2D eigenvalue weighted by atomic mass is 10.1. The number of rotatable bonds is 4. The van der Waals surface area contributed by atoms with Crippen LogP contribution in [0.25, 0.3) is 0 Å². The van der Waals surface area contributed by atoms with E-state index in [-0.39, 0.29) is 30.6 Å². The molecule has 1 fully saturated rings. The van der Waals surface area contributed by atoms with Crippen molar-refractivity contribution in [3.8, 4) is 5.75 Å². The Morgan fingerprint density at radius 3 is 2.74 bits per heavy atom. The molecule has 0 aliphatic carbocycles. The van der Waals surface area contributed by atoms with Crippen LogP contribution in [0.15, 0.2) is 21.5 Å². The summed E-state index contributed by atoms with van der Waals surface area (Å²) in [5, 5.41) is 8.81. The van der Waals surface area contributed by atoms with Gasteiger partial charge in [0.05, 0.1) is 0 Å². The van der Waals surface area contributed by atoms with Gasteiger partial charge in [-0.2, -0.15) is 0 Å². The van der Waals surface area contributed by atoms with Crippen molar-refractivity contribution in [1.82, 2.24) is 4.90 Å². The summed E-state index contributed by atoms with van der Waals surface area (Å²) in [6.45, 7) is 0.992. The summed E-state index contributed by atoms with van der Waals surface area (Å²) in [5.74, 6) is 0.0348. The molecule has 0 spiro atoms. The molecule has 1 aliphatic rings. The summed E-state index contributed by atoms with van der Waals surface area (Å²) in [6.07, 6.45) is 4.30. The minimum absolute atomic E-state index is 0.0115. The predicted molar refractivity (Wildman–Crippen MR) is 66.8 cm³/mol. The molecular formula is C13H17NO5.